The first-order valence-corrected chi connectivity index (χ1v) is 6.30. The summed E-state index contributed by atoms with van der Waals surface area (Å²) >= 11 is 5.29. The highest BCUT2D eigenvalue weighted by molar-refractivity contribution is 7.71. The molecule has 0 saturated heterocycles. The van der Waals surface area contributed by atoms with E-state index in [1.54, 1.807) is 13.3 Å². The van der Waals surface area contributed by atoms with Crippen LogP contribution in [-0.4, -0.2) is 17.1 Å². The number of hydrogen-bond donors (Lipinski definition) is 1. The van der Waals surface area contributed by atoms with Crippen LogP contribution in [0.15, 0.2) is 48.8 Å². The molecule has 4 heteroatoms. The predicted molar refractivity (Wildman–Crippen MR) is 78.9 cm³/mol. The second-order valence-corrected chi connectivity index (χ2v) is 4.64. The van der Waals surface area contributed by atoms with Gasteiger partial charge in [-0.05, 0) is 29.8 Å². The van der Waals surface area contributed by atoms with E-state index in [2.05, 4.69) is 9.97 Å². The first-order chi connectivity index (χ1) is 9.28. The average Bonchev–Trinajstić information content (AvgIpc) is 2.46. The van der Waals surface area contributed by atoms with E-state index in [4.69, 9.17) is 17.0 Å². The Bertz CT molecular complexity index is 781. The molecule has 3 rings (SSSR count). The van der Waals surface area contributed by atoms with Crippen molar-refractivity contribution in [2.24, 2.45) is 0 Å². The summed E-state index contributed by atoms with van der Waals surface area (Å²) in [6.45, 7) is 0. The van der Waals surface area contributed by atoms with Crippen LogP contribution in [0.4, 0.5) is 0 Å². The molecule has 94 valence electrons. The summed E-state index contributed by atoms with van der Waals surface area (Å²) in [5, 5.41) is 1.10. The fraction of sp³-hybridized carbons (Fsp3) is 0.0667. The number of aromatic nitrogens is 2. The predicted octanol–water partition coefficient (Wildman–Crippen LogP) is 3.97. The van der Waals surface area contributed by atoms with Crippen LogP contribution < -0.4 is 4.74 Å². The van der Waals surface area contributed by atoms with Crippen LogP contribution >= 0.6 is 12.2 Å². The van der Waals surface area contributed by atoms with Gasteiger partial charge in [-0.15, -0.1) is 0 Å². The minimum Gasteiger partial charge on any atom is -0.497 e. The standard InChI is InChI=1S/C15H12N2OS/c1-18-11-4-5-12-13(10-3-2-6-16-9-10)8-15(19)17-14(12)7-11/h2-9H,1H3,(H,17,19). The Morgan fingerprint density at radius 2 is 2.11 bits per heavy atom. The molecule has 0 aliphatic heterocycles. The molecule has 0 bridgehead atoms. The SMILES string of the molecule is COc1ccc2c(-c3cccnc3)cc(=S)[nH]c2c1. The lowest BCUT2D eigenvalue weighted by Crippen LogP contribution is -1.88. The number of nitrogens with zero attached hydrogens (tertiary/aromatic N) is 1. The largest absolute Gasteiger partial charge is 0.497 e. The van der Waals surface area contributed by atoms with Crippen molar-refractivity contribution >= 4 is 23.1 Å². The van der Waals surface area contributed by atoms with Crippen molar-refractivity contribution in [3.05, 3.63) is 53.4 Å². The normalized spacial score (nSPS) is 10.6. The van der Waals surface area contributed by atoms with E-state index in [9.17, 15) is 0 Å². The minimum atomic E-state index is 0.694. The van der Waals surface area contributed by atoms with E-state index in [1.807, 2.05) is 42.6 Å². The van der Waals surface area contributed by atoms with Crippen LogP contribution in [0, 0.1) is 4.64 Å². The molecule has 0 atom stereocenters. The fourth-order valence-electron chi connectivity index (χ4n) is 2.13. The molecule has 0 saturated carbocycles. The van der Waals surface area contributed by atoms with E-state index >= 15 is 0 Å². The van der Waals surface area contributed by atoms with Gasteiger partial charge >= 0.3 is 0 Å². The van der Waals surface area contributed by atoms with Crippen LogP contribution in [0.2, 0.25) is 0 Å². The lowest BCUT2D eigenvalue weighted by molar-refractivity contribution is 0.415. The molecule has 1 N–H and O–H groups in total. The molecular weight excluding hydrogens is 256 g/mol. The Kier molecular flexibility index (Phi) is 3.01. The second kappa shape index (κ2) is 4.82. The van der Waals surface area contributed by atoms with E-state index in [-0.39, 0.29) is 0 Å². The molecule has 0 fully saturated rings. The van der Waals surface area contributed by atoms with E-state index < -0.39 is 0 Å². The van der Waals surface area contributed by atoms with Gasteiger partial charge in [-0.25, -0.2) is 0 Å². The molecule has 0 aliphatic rings. The zero-order valence-electron chi connectivity index (χ0n) is 10.4. The lowest BCUT2D eigenvalue weighted by atomic mass is 10.0. The molecule has 0 amide bonds. The lowest BCUT2D eigenvalue weighted by Gasteiger charge is -2.08. The molecule has 0 spiro atoms. The number of H-pyrrole nitrogens is 1. The second-order valence-electron chi connectivity index (χ2n) is 4.20. The highest BCUT2D eigenvalue weighted by Gasteiger charge is 2.06. The number of methoxy groups -OCH3 is 1. The van der Waals surface area contributed by atoms with Gasteiger partial charge in [-0.1, -0.05) is 18.3 Å². The van der Waals surface area contributed by atoms with E-state index in [1.165, 1.54) is 0 Å². The molecule has 2 aromatic heterocycles. The summed E-state index contributed by atoms with van der Waals surface area (Å²) in [4.78, 5) is 7.35. The van der Waals surface area contributed by atoms with Crippen molar-refractivity contribution in [2.75, 3.05) is 7.11 Å². The monoisotopic (exact) mass is 268 g/mol. The number of ether oxygens (including phenoxy) is 1. The summed E-state index contributed by atoms with van der Waals surface area (Å²) < 4.78 is 5.94. The summed E-state index contributed by atoms with van der Waals surface area (Å²) in [6, 6.07) is 11.8. The van der Waals surface area contributed by atoms with Gasteiger partial charge in [0, 0.05) is 29.4 Å². The first kappa shape index (κ1) is 11.9. The highest BCUT2D eigenvalue weighted by Crippen LogP contribution is 2.29. The van der Waals surface area contributed by atoms with Gasteiger partial charge in [0.2, 0.25) is 0 Å². The minimum absolute atomic E-state index is 0.694. The number of hydrogen-bond acceptors (Lipinski definition) is 3. The summed E-state index contributed by atoms with van der Waals surface area (Å²) in [5.41, 5.74) is 3.10. The first-order valence-electron chi connectivity index (χ1n) is 5.89. The molecular formula is C15H12N2OS. The van der Waals surface area contributed by atoms with Crippen molar-refractivity contribution in [2.45, 2.75) is 0 Å². The Morgan fingerprint density at radius 1 is 1.21 bits per heavy atom. The van der Waals surface area contributed by atoms with E-state index in [0.29, 0.717) is 4.64 Å². The Balaban J connectivity index is 2.33. The molecule has 0 radical (unpaired) electrons. The third-order valence-corrected chi connectivity index (χ3v) is 3.24. The Morgan fingerprint density at radius 3 is 2.84 bits per heavy atom. The van der Waals surface area contributed by atoms with Gasteiger partial charge in [0.05, 0.1) is 12.6 Å². The molecule has 19 heavy (non-hydrogen) atoms. The topological polar surface area (TPSA) is 37.9 Å². The maximum absolute atomic E-state index is 5.29. The maximum atomic E-state index is 5.29. The fourth-order valence-corrected chi connectivity index (χ4v) is 2.36. The van der Waals surface area contributed by atoms with Gasteiger partial charge in [0.25, 0.3) is 0 Å². The van der Waals surface area contributed by atoms with Crippen molar-refractivity contribution in [3.63, 3.8) is 0 Å². The van der Waals surface area contributed by atoms with Crippen molar-refractivity contribution in [3.8, 4) is 16.9 Å². The third-order valence-electron chi connectivity index (χ3n) is 3.02. The van der Waals surface area contributed by atoms with Gasteiger partial charge < -0.3 is 9.72 Å². The zero-order valence-corrected chi connectivity index (χ0v) is 11.2. The molecule has 1 aromatic carbocycles. The molecule has 2 heterocycles. The Hall–Kier alpha value is -2.20. The summed E-state index contributed by atoms with van der Waals surface area (Å²) in [5.74, 6) is 0.807. The number of fused-ring (bicyclic) bond motifs is 1. The number of nitrogens with one attached hydrogen (secondary N) is 1. The molecule has 0 aliphatic carbocycles. The van der Waals surface area contributed by atoms with Crippen LogP contribution in [-0.2, 0) is 0 Å². The highest BCUT2D eigenvalue weighted by atomic mass is 32.1. The third kappa shape index (κ3) is 2.22. The average molecular weight is 268 g/mol. The van der Waals surface area contributed by atoms with Crippen LogP contribution in [0.3, 0.4) is 0 Å². The number of aromatic amines is 1. The van der Waals surface area contributed by atoms with Crippen molar-refractivity contribution < 1.29 is 4.74 Å². The molecule has 3 nitrogen and oxygen atoms in total. The molecule has 0 unspecified atom stereocenters. The number of pyridine rings is 2. The van der Waals surface area contributed by atoms with Crippen LogP contribution in [0.5, 0.6) is 5.75 Å². The van der Waals surface area contributed by atoms with Gasteiger partial charge in [-0.3, -0.25) is 4.98 Å². The van der Waals surface area contributed by atoms with E-state index in [0.717, 1.165) is 27.8 Å². The maximum Gasteiger partial charge on any atom is 0.120 e. The van der Waals surface area contributed by atoms with Crippen molar-refractivity contribution in [1.82, 2.24) is 9.97 Å². The van der Waals surface area contributed by atoms with Crippen LogP contribution in [0.25, 0.3) is 22.0 Å². The summed E-state index contributed by atoms with van der Waals surface area (Å²) in [6.07, 6.45) is 3.60. The smallest absolute Gasteiger partial charge is 0.120 e. The molecule has 3 aromatic rings. The van der Waals surface area contributed by atoms with Gasteiger partial charge in [0.15, 0.2) is 0 Å². The van der Waals surface area contributed by atoms with Gasteiger partial charge in [0.1, 0.15) is 10.4 Å². The van der Waals surface area contributed by atoms with Crippen LogP contribution in [0.1, 0.15) is 0 Å². The zero-order chi connectivity index (χ0) is 13.2. The number of benzene rings is 1. The quantitative estimate of drug-likeness (QED) is 0.715. The van der Waals surface area contributed by atoms with Crippen molar-refractivity contribution in [1.29, 1.82) is 0 Å². The Labute approximate surface area is 115 Å². The number of rotatable bonds is 2. The van der Waals surface area contributed by atoms with Gasteiger partial charge in [-0.2, -0.15) is 0 Å². The summed E-state index contributed by atoms with van der Waals surface area (Å²) in [7, 11) is 1.65.